The molecule has 0 heterocycles. The van der Waals surface area contributed by atoms with E-state index in [-0.39, 0.29) is 10.8 Å². The van der Waals surface area contributed by atoms with Crippen LogP contribution in [0.3, 0.4) is 0 Å². The Kier molecular flexibility index (Phi) is 8.61. The second-order valence-corrected chi connectivity index (χ2v) is 22.0. The van der Waals surface area contributed by atoms with Gasteiger partial charge in [-0.1, -0.05) is 0 Å². The summed E-state index contributed by atoms with van der Waals surface area (Å²) in [6.45, 7) is 14.2. The van der Waals surface area contributed by atoms with Crippen molar-refractivity contribution in [3.05, 3.63) is 141 Å². The molecule has 0 unspecified atom stereocenters. The molecule has 0 aliphatic heterocycles. The monoisotopic (exact) mass is 850 g/mol. The van der Waals surface area contributed by atoms with Gasteiger partial charge in [-0.2, -0.15) is 0 Å². The molecule has 0 saturated heterocycles. The van der Waals surface area contributed by atoms with Crippen LogP contribution in [0.2, 0.25) is 0 Å². The molecule has 4 aromatic carbocycles. The van der Waals surface area contributed by atoms with Gasteiger partial charge < -0.3 is 0 Å². The van der Waals surface area contributed by atoms with Gasteiger partial charge in [-0.05, 0) is 0 Å². The SMILES string of the molecule is CC(C)(C)c1ccc2c(c1)Cc1c-2ccc(C(C)(C)C)[c]1[Zr]([C]1=CC=CC1)=[C](c1ccc(I)cc1)c1ccc(I)cc1. The standard InChI is InChI=1S/C21H25.C13H8I2.C5H5.Zr/c1-20(2,3)16-7-9-18-14(12-16)11-15-13-17(21(4,5)6)8-10-19(15)18;14-12-5-1-10(2-6-12)9-11-3-7-13(15)8-4-11;1-2-4-5-3-1;/h7-10,12H,11H2,1-6H3;1-8H;1-3H,4H2;. The Balaban J connectivity index is 1.72. The Morgan fingerprint density at radius 1 is 0.690 bits per heavy atom. The van der Waals surface area contributed by atoms with Crippen LogP contribution < -0.4 is 3.27 Å². The molecule has 0 spiro atoms. The topological polar surface area (TPSA) is 0 Å². The molecule has 0 nitrogen and oxygen atoms in total. The fourth-order valence-corrected chi connectivity index (χ4v) is 16.1. The van der Waals surface area contributed by atoms with E-state index in [1.54, 1.807) is 20.9 Å². The van der Waals surface area contributed by atoms with E-state index in [0.717, 1.165) is 12.8 Å². The van der Waals surface area contributed by atoms with Gasteiger partial charge in [-0.25, -0.2) is 0 Å². The van der Waals surface area contributed by atoms with Gasteiger partial charge in [0.1, 0.15) is 0 Å². The predicted octanol–water partition coefficient (Wildman–Crippen LogP) is 10.4. The van der Waals surface area contributed by atoms with Crippen molar-refractivity contribution in [2.45, 2.75) is 65.2 Å². The summed E-state index contributed by atoms with van der Waals surface area (Å²) in [4.78, 5) is 0. The number of fused-ring (bicyclic) bond motifs is 3. The molecule has 0 fully saturated rings. The summed E-state index contributed by atoms with van der Waals surface area (Å²) >= 11 is 2.13. The molecule has 42 heavy (non-hydrogen) atoms. The van der Waals surface area contributed by atoms with Crippen LogP contribution in [0.5, 0.6) is 0 Å². The van der Waals surface area contributed by atoms with Crippen molar-refractivity contribution >= 4 is 51.7 Å². The average Bonchev–Trinajstić information content (AvgIpc) is 3.59. The van der Waals surface area contributed by atoms with Gasteiger partial charge in [0.25, 0.3) is 0 Å². The Bertz CT molecular complexity index is 1720. The number of halogens is 2. The van der Waals surface area contributed by atoms with Gasteiger partial charge in [0.15, 0.2) is 0 Å². The molecule has 6 rings (SSSR count). The van der Waals surface area contributed by atoms with Gasteiger partial charge in [-0.15, -0.1) is 0 Å². The first kappa shape index (κ1) is 30.6. The summed E-state index contributed by atoms with van der Waals surface area (Å²) in [5, 5.41) is 0. The quantitative estimate of drug-likeness (QED) is 0.158. The summed E-state index contributed by atoms with van der Waals surface area (Å²) in [5.41, 5.74) is 11.9. The minimum atomic E-state index is -2.75. The number of hydrogen-bond donors (Lipinski definition) is 0. The van der Waals surface area contributed by atoms with Crippen molar-refractivity contribution < 1.29 is 21.3 Å². The van der Waals surface area contributed by atoms with Gasteiger partial charge in [0.2, 0.25) is 0 Å². The predicted molar refractivity (Wildman–Crippen MR) is 195 cm³/mol. The van der Waals surface area contributed by atoms with Crippen molar-refractivity contribution in [1.82, 2.24) is 0 Å². The first-order valence-electron chi connectivity index (χ1n) is 14.8. The first-order valence-corrected chi connectivity index (χ1v) is 20.7. The number of benzene rings is 4. The molecule has 0 N–H and O–H groups in total. The molecule has 0 aromatic heterocycles. The van der Waals surface area contributed by atoms with E-state index in [1.165, 1.54) is 40.5 Å². The summed E-state index contributed by atoms with van der Waals surface area (Å²) < 4.78 is 7.55. The van der Waals surface area contributed by atoms with E-state index in [1.807, 2.05) is 0 Å². The summed E-state index contributed by atoms with van der Waals surface area (Å²) in [7, 11) is 0. The second-order valence-electron chi connectivity index (χ2n) is 13.7. The molecular weight excluding hydrogens is 813 g/mol. The normalized spacial score (nSPS) is 14.0. The Labute approximate surface area is 287 Å². The third-order valence-corrected chi connectivity index (χ3v) is 17.8. The van der Waals surface area contributed by atoms with Crippen LogP contribution in [-0.4, -0.2) is 3.21 Å². The average molecular weight is 852 g/mol. The fraction of sp³-hybridized carbons (Fsp3) is 0.256. The van der Waals surface area contributed by atoms with E-state index < -0.39 is 21.3 Å². The van der Waals surface area contributed by atoms with Gasteiger partial charge in [-0.3, -0.25) is 0 Å². The molecule has 4 aromatic rings. The van der Waals surface area contributed by atoms with Crippen molar-refractivity contribution in [2.24, 2.45) is 0 Å². The summed E-state index contributed by atoms with van der Waals surface area (Å²) in [6, 6.07) is 30.9. The minimum absolute atomic E-state index is 0.0529. The zero-order valence-corrected chi connectivity index (χ0v) is 32.2. The molecule has 2 aliphatic rings. The number of rotatable bonds is 4. The van der Waals surface area contributed by atoms with Crippen molar-refractivity contribution in [1.29, 1.82) is 0 Å². The van der Waals surface area contributed by atoms with Crippen LogP contribution in [0.15, 0.2) is 100 Å². The van der Waals surface area contributed by atoms with E-state index in [9.17, 15) is 0 Å². The summed E-state index contributed by atoms with van der Waals surface area (Å²) in [5.74, 6) is 0. The first-order chi connectivity index (χ1) is 19.9. The van der Waals surface area contributed by atoms with Crippen LogP contribution in [-0.2, 0) is 38.5 Å². The second kappa shape index (κ2) is 11.8. The van der Waals surface area contributed by atoms with Gasteiger partial charge >= 0.3 is 290 Å². The van der Waals surface area contributed by atoms with Gasteiger partial charge in [0.05, 0.1) is 0 Å². The van der Waals surface area contributed by atoms with E-state index in [2.05, 4.69) is 184 Å². The van der Waals surface area contributed by atoms with Crippen LogP contribution in [0.4, 0.5) is 0 Å². The van der Waals surface area contributed by atoms with E-state index in [0.29, 0.717) is 0 Å². The van der Waals surface area contributed by atoms with Gasteiger partial charge in [0, 0.05) is 0 Å². The Morgan fingerprint density at radius 2 is 1.29 bits per heavy atom. The molecule has 0 saturated carbocycles. The van der Waals surface area contributed by atoms with Crippen molar-refractivity contribution in [3.8, 4) is 11.1 Å². The van der Waals surface area contributed by atoms with Crippen LogP contribution in [0.25, 0.3) is 11.1 Å². The summed E-state index contributed by atoms with van der Waals surface area (Å²) in [6.07, 6.45) is 9.26. The molecular formula is C39H38I2Zr. The van der Waals surface area contributed by atoms with Crippen LogP contribution >= 0.6 is 45.2 Å². The molecule has 0 atom stereocenters. The molecule has 3 heteroatoms. The zero-order chi connectivity index (χ0) is 29.8. The third kappa shape index (κ3) is 5.96. The number of allylic oxidation sites excluding steroid dienone is 4. The van der Waals surface area contributed by atoms with Crippen LogP contribution in [0.1, 0.15) is 81.3 Å². The third-order valence-electron chi connectivity index (χ3n) is 8.61. The van der Waals surface area contributed by atoms with Crippen LogP contribution in [0, 0.1) is 7.14 Å². The molecule has 0 radical (unpaired) electrons. The van der Waals surface area contributed by atoms with E-state index in [4.69, 9.17) is 0 Å². The molecule has 2 aliphatic carbocycles. The maximum absolute atomic E-state index is 2.75. The molecule has 212 valence electrons. The molecule has 0 bridgehead atoms. The Morgan fingerprint density at radius 3 is 1.81 bits per heavy atom. The zero-order valence-electron chi connectivity index (χ0n) is 25.4. The van der Waals surface area contributed by atoms with Crippen molar-refractivity contribution in [3.63, 3.8) is 0 Å². The van der Waals surface area contributed by atoms with E-state index >= 15 is 0 Å². The van der Waals surface area contributed by atoms with Crippen molar-refractivity contribution in [2.75, 3.05) is 0 Å². The fourth-order valence-electron chi connectivity index (χ4n) is 6.42. The molecule has 0 amide bonds. The number of hydrogen-bond acceptors (Lipinski definition) is 0. The Hall–Kier alpha value is -1.43. The maximum atomic E-state index is 2.50.